The second-order valence-electron chi connectivity index (χ2n) is 3.09. The maximum Gasteiger partial charge on any atom is 0.136 e. The summed E-state index contributed by atoms with van der Waals surface area (Å²) in [4.78, 5) is 21.4. The third kappa shape index (κ3) is 1.39. The lowest BCUT2D eigenvalue weighted by Gasteiger charge is -2.13. The van der Waals surface area contributed by atoms with Crippen LogP contribution in [0.1, 0.15) is 13.8 Å². The molecule has 0 amide bonds. The first-order valence-electron chi connectivity index (χ1n) is 3.81. The second kappa shape index (κ2) is 2.99. The molecule has 0 spiro atoms. The first-order chi connectivity index (χ1) is 5.16. The minimum atomic E-state index is -0.0519. The average molecular weight is 152 g/mol. The van der Waals surface area contributed by atoms with Crippen LogP contribution in [0.3, 0.4) is 0 Å². The second-order valence-corrected chi connectivity index (χ2v) is 3.09. The number of hydrogen-bond donors (Lipinski definition) is 0. The number of hydrogen-bond acceptors (Lipinski definition) is 2. The van der Waals surface area contributed by atoms with Crippen molar-refractivity contribution in [1.82, 2.24) is 0 Å². The van der Waals surface area contributed by atoms with E-state index in [4.69, 9.17) is 0 Å². The van der Waals surface area contributed by atoms with E-state index in [0.717, 1.165) is 6.29 Å². The van der Waals surface area contributed by atoms with Gasteiger partial charge < -0.3 is 4.79 Å². The molecule has 0 unspecified atom stereocenters. The molecule has 60 valence electrons. The molecule has 0 saturated heterocycles. The van der Waals surface area contributed by atoms with E-state index in [0.29, 0.717) is 0 Å². The van der Waals surface area contributed by atoms with Crippen molar-refractivity contribution in [2.45, 2.75) is 13.8 Å². The monoisotopic (exact) mass is 152 g/mol. The third-order valence-electron chi connectivity index (χ3n) is 2.34. The molecule has 0 radical (unpaired) electrons. The molecular formula is C9H12O2. The van der Waals surface area contributed by atoms with Crippen LogP contribution in [-0.4, -0.2) is 12.1 Å². The highest BCUT2D eigenvalue weighted by atomic mass is 16.1. The number of aldehydes is 1. The molecule has 3 atom stereocenters. The van der Waals surface area contributed by atoms with Gasteiger partial charge >= 0.3 is 0 Å². The Labute approximate surface area is 66.3 Å². The fourth-order valence-corrected chi connectivity index (χ4v) is 1.51. The van der Waals surface area contributed by atoms with E-state index in [1.165, 1.54) is 0 Å². The summed E-state index contributed by atoms with van der Waals surface area (Å²) in [5.74, 6) is 0.220. The predicted octanol–water partition coefficient (Wildman–Crippen LogP) is 1.21. The highest BCUT2D eigenvalue weighted by molar-refractivity contribution is 5.82. The van der Waals surface area contributed by atoms with Gasteiger partial charge in [-0.25, -0.2) is 0 Å². The maximum absolute atomic E-state index is 11.0. The highest BCUT2D eigenvalue weighted by Crippen LogP contribution is 2.29. The van der Waals surface area contributed by atoms with Crippen LogP contribution in [0.5, 0.6) is 0 Å². The first kappa shape index (κ1) is 8.18. The summed E-state index contributed by atoms with van der Waals surface area (Å²) in [5, 5.41) is 0. The van der Waals surface area contributed by atoms with Crippen LogP contribution in [0.4, 0.5) is 0 Å². The van der Waals surface area contributed by atoms with Crippen molar-refractivity contribution in [3.63, 3.8) is 0 Å². The van der Waals surface area contributed by atoms with Crippen LogP contribution in [0.2, 0.25) is 0 Å². The van der Waals surface area contributed by atoms with E-state index in [2.05, 4.69) is 0 Å². The molecule has 1 aliphatic carbocycles. The third-order valence-corrected chi connectivity index (χ3v) is 2.34. The van der Waals surface area contributed by atoms with E-state index in [9.17, 15) is 9.59 Å². The van der Waals surface area contributed by atoms with E-state index < -0.39 is 0 Å². The molecule has 0 fully saturated rings. The lowest BCUT2D eigenvalue weighted by Crippen LogP contribution is -2.18. The summed E-state index contributed by atoms with van der Waals surface area (Å²) >= 11 is 0. The van der Waals surface area contributed by atoms with Crippen molar-refractivity contribution in [2.24, 2.45) is 17.8 Å². The SMILES string of the molecule is CC(=O)[C@@H]1C=C[C@H](C=O)[C@@H]1C. The van der Waals surface area contributed by atoms with Gasteiger partial charge in [-0.1, -0.05) is 19.1 Å². The van der Waals surface area contributed by atoms with Gasteiger partial charge in [-0.2, -0.15) is 0 Å². The normalized spacial score (nSPS) is 35.6. The molecule has 0 saturated carbocycles. The van der Waals surface area contributed by atoms with Crippen molar-refractivity contribution in [2.75, 3.05) is 0 Å². The van der Waals surface area contributed by atoms with Crippen LogP contribution < -0.4 is 0 Å². The van der Waals surface area contributed by atoms with Gasteiger partial charge in [-0.05, 0) is 12.8 Å². The van der Waals surface area contributed by atoms with Gasteiger partial charge in [0, 0.05) is 11.8 Å². The summed E-state index contributed by atoms with van der Waals surface area (Å²) in [5.41, 5.74) is 0. The fourth-order valence-electron chi connectivity index (χ4n) is 1.51. The summed E-state index contributed by atoms with van der Waals surface area (Å²) in [6.07, 6.45) is 4.57. The molecule has 0 N–H and O–H groups in total. The minimum Gasteiger partial charge on any atom is -0.303 e. The van der Waals surface area contributed by atoms with E-state index in [1.807, 2.05) is 19.1 Å². The van der Waals surface area contributed by atoms with Gasteiger partial charge in [-0.3, -0.25) is 4.79 Å². The van der Waals surface area contributed by atoms with Crippen molar-refractivity contribution in [3.05, 3.63) is 12.2 Å². The molecule has 0 aromatic rings. The standard InChI is InChI=1S/C9H12O2/c1-6-8(5-10)3-4-9(6)7(2)11/h3-6,8-9H,1-2H3/t6-,8+,9+/m0/s1. The van der Waals surface area contributed by atoms with Gasteiger partial charge in [0.25, 0.3) is 0 Å². The van der Waals surface area contributed by atoms with Gasteiger partial charge in [0.1, 0.15) is 12.1 Å². The van der Waals surface area contributed by atoms with Crippen LogP contribution in [0.25, 0.3) is 0 Å². The number of carbonyl (C=O) groups is 2. The zero-order valence-electron chi connectivity index (χ0n) is 6.78. The fraction of sp³-hybridized carbons (Fsp3) is 0.556. The minimum absolute atomic E-state index is 0.0369. The lowest BCUT2D eigenvalue weighted by molar-refractivity contribution is -0.121. The zero-order chi connectivity index (χ0) is 8.43. The number of Topliss-reactive ketones (excluding diaryl/α,β-unsaturated/α-hetero) is 1. The Bertz CT molecular complexity index is 206. The first-order valence-corrected chi connectivity index (χ1v) is 3.81. The Morgan fingerprint density at radius 3 is 2.36 bits per heavy atom. The van der Waals surface area contributed by atoms with Crippen LogP contribution in [-0.2, 0) is 9.59 Å². The molecule has 1 aliphatic rings. The van der Waals surface area contributed by atoms with Crippen LogP contribution in [0.15, 0.2) is 12.2 Å². The van der Waals surface area contributed by atoms with Gasteiger partial charge in [0.2, 0.25) is 0 Å². The summed E-state index contributed by atoms with van der Waals surface area (Å²) in [6, 6.07) is 0. The quantitative estimate of drug-likeness (QED) is 0.440. The molecule has 11 heavy (non-hydrogen) atoms. The summed E-state index contributed by atoms with van der Waals surface area (Å²) < 4.78 is 0. The number of carbonyl (C=O) groups excluding carboxylic acids is 2. The average Bonchev–Trinajstić information content (AvgIpc) is 2.30. The van der Waals surface area contributed by atoms with Crippen molar-refractivity contribution >= 4 is 12.1 Å². The van der Waals surface area contributed by atoms with Gasteiger partial charge in [-0.15, -0.1) is 0 Å². The van der Waals surface area contributed by atoms with Crippen LogP contribution in [0, 0.1) is 17.8 Å². The Morgan fingerprint density at radius 2 is 2.09 bits per heavy atom. The number of ketones is 1. The Kier molecular flexibility index (Phi) is 2.22. The molecule has 0 bridgehead atoms. The highest BCUT2D eigenvalue weighted by Gasteiger charge is 2.29. The molecule has 0 aliphatic heterocycles. The Hall–Kier alpha value is -0.920. The van der Waals surface area contributed by atoms with Crippen LogP contribution >= 0.6 is 0 Å². The van der Waals surface area contributed by atoms with E-state index >= 15 is 0 Å². The lowest BCUT2D eigenvalue weighted by atomic mass is 9.88. The summed E-state index contributed by atoms with van der Waals surface area (Å²) in [6.45, 7) is 3.50. The Morgan fingerprint density at radius 1 is 1.45 bits per heavy atom. The van der Waals surface area contributed by atoms with E-state index in [1.54, 1.807) is 6.92 Å². The Balaban J connectivity index is 2.70. The van der Waals surface area contributed by atoms with E-state index in [-0.39, 0.29) is 23.5 Å². The molecule has 0 aromatic heterocycles. The van der Waals surface area contributed by atoms with Crippen molar-refractivity contribution < 1.29 is 9.59 Å². The molecule has 2 nitrogen and oxygen atoms in total. The summed E-state index contributed by atoms with van der Waals surface area (Å²) in [7, 11) is 0. The van der Waals surface area contributed by atoms with Crippen molar-refractivity contribution in [3.8, 4) is 0 Å². The number of allylic oxidation sites excluding steroid dienone is 2. The smallest absolute Gasteiger partial charge is 0.136 e. The van der Waals surface area contributed by atoms with Gasteiger partial charge in [0.05, 0.1) is 0 Å². The zero-order valence-corrected chi connectivity index (χ0v) is 6.78. The molecule has 0 heterocycles. The molecule has 0 aromatic carbocycles. The largest absolute Gasteiger partial charge is 0.303 e. The molecular weight excluding hydrogens is 140 g/mol. The topological polar surface area (TPSA) is 34.1 Å². The number of rotatable bonds is 2. The molecule has 1 rings (SSSR count). The van der Waals surface area contributed by atoms with Crippen molar-refractivity contribution in [1.29, 1.82) is 0 Å². The molecule has 2 heteroatoms. The van der Waals surface area contributed by atoms with Gasteiger partial charge in [0.15, 0.2) is 0 Å². The maximum atomic E-state index is 11.0. The predicted molar refractivity (Wildman–Crippen MR) is 42.0 cm³/mol.